The van der Waals surface area contributed by atoms with Gasteiger partial charge in [0.15, 0.2) is 0 Å². The van der Waals surface area contributed by atoms with Gasteiger partial charge in [-0.05, 0) is 24.3 Å². The molecule has 0 atom stereocenters. The summed E-state index contributed by atoms with van der Waals surface area (Å²) in [4.78, 5) is 11.3. The summed E-state index contributed by atoms with van der Waals surface area (Å²) in [6.07, 6.45) is 1.09. The lowest BCUT2D eigenvalue weighted by Gasteiger charge is -2.07. The molecule has 1 rings (SSSR count). The molecule has 7 heteroatoms. The van der Waals surface area contributed by atoms with Gasteiger partial charge in [-0.25, -0.2) is 8.42 Å². The summed E-state index contributed by atoms with van der Waals surface area (Å²) in [6, 6.07) is 7.35. The van der Waals surface area contributed by atoms with Crippen LogP contribution in [0, 0.1) is 0 Å². The van der Waals surface area contributed by atoms with E-state index in [0.717, 1.165) is 10.7 Å². The summed E-state index contributed by atoms with van der Waals surface area (Å²) >= 11 is 3.32. The fourth-order valence-corrected chi connectivity index (χ4v) is 2.08. The Bertz CT molecular complexity index is 513. The van der Waals surface area contributed by atoms with Crippen LogP contribution in [0.5, 0.6) is 5.75 Å². The lowest BCUT2D eigenvalue weighted by Crippen LogP contribution is -2.29. The van der Waals surface area contributed by atoms with Crippen molar-refractivity contribution in [3.8, 4) is 5.75 Å². The molecule has 0 aromatic heterocycles. The number of hydrogen-bond acceptors (Lipinski definition) is 4. The number of halogens is 1. The van der Waals surface area contributed by atoms with E-state index in [-0.39, 0.29) is 18.1 Å². The van der Waals surface area contributed by atoms with E-state index in [1.807, 2.05) is 24.3 Å². The number of amides is 1. The first-order valence-electron chi connectivity index (χ1n) is 5.69. The SMILES string of the molecule is CS(=O)(=O)CCC(=O)NCCOc1ccc(Br)cc1. The lowest BCUT2D eigenvalue weighted by atomic mass is 10.3. The number of benzene rings is 1. The molecule has 1 aromatic carbocycles. The van der Waals surface area contributed by atoms with Gasteiger partial charge >= 0.3 is 0 Å². The number of nitrogens with one attached hydrogen (secondary N) is 1. The average Bonchev–Trinajstić information content (AvgIpc) is 2.33. The molecule has 1 N–H and O–H groups in total. The molecule has 0 aliphatic rings. The van der Waals surface area contributed by atoms with Crippen LogP contribution in [0.15, 0.2) is 28.7 Å². The van der Waals surface area contributed by atoms with Crippen molar-refractivity contribution in [3.63, 3.8) is 0 Å². The minimum atomic E-state index is -3.09. The lowest BCUT2D eigenvalue weighted by molar-refractivity contribution is -0.120. The van der Waals surface area contributed by atoms with Gasteiger partial charge in [0.1, 0.15) is 22.2 Å². The molecule has 0 heterocycles. The van der Waals surface area contributed by atoms with Crippen molar-refractivity contribution in [3.05, 3.63) is 28.7 Å². The largest absolute Gasteiger partial charge is 0.492 e. The molecule has 0 saturated heterocycles. The highest BCUT2D eigenvalue weighted by Gasteiger charge is 2.07. The minimum Gasteiger partial charge on any atom is -0.492 e. The summed E-state index contributed by atoms with van der Waals surface area (Å²) in [5.41, 5.74) is 0. The van der Waals surface area contributed by atoms with Gasteiger partial charge in [-0.3, -0.25) is 4.79 Å². The van der Waals surface area contributed by atoms with E-state index in [0.29, 0.717) is 18.9 Å². The molecule has 0 saturated carbocycles. The minimum absolute atomic E-state index is 0.0167. The highest BCUT2D eigenvalue weighted by molar-refractivity contribution is 9.10. The molecule has 0 unspecified atom stereocenters. The first-order chi connectivity index (χ1) is 8.87. The van der Waals surface area contributed by atoms with Crippen molar-refractivity contribution in [2.45, 2.75) is 6.42 Å². The maximum absolute atomic E-state index is 11.3. The monoisotopic (exact) mass is 349 g/mol. The standard InChI is InChI=1S/C12H16BrNO4S/c1-19(16,17)9-6-12(15)14-7-8-18-11-4-2-10(13)3-5-11/h2-5H,6-9H2,1H3,(H,14,15). The molecule has 0 aliphatic heterocycles. The predicted molar refractivity (Wildman–Crippen MR) is 77.0 cm³/mol. The summed E-state index contributed by atoms with van der Waals surface area (Å²) in [5.74, 6) is 0.297. The second kappa shape index (κ2) is 7.49. The van der Waals surface area contributed by atoms with Gasteiger partial charge in [-0.15, -0.1) is 0 Å². The molecule has 0 bridgehead atoms. The Kier molecular flexibility index (Phi) is 6.30. The molecule has 0 aliphatic carbocycles. The van der Waals surface area contributed by atoms with Crippen molar-refractivity contribution in [1.82, 2.24) is 5.32 Å². The molecule has 106 valence electrons. The van der Waals surface area contributed by atoms with Gasteiger partial charge in [0, 0.05) is 17.1 Å². The molecular weight excluding hydrogens is 334 g/mol. The Labute approximate surface area is 121 Å². The third-order valence-corrected chi connectivity index (χ3v) is 3.68. The Hall–Kier alpha value is -1.08. The smallest absolute Gasteiger partial charge is 0.221 e. The third-order valence-electron chi connectivity index (χ3n) is 2.21. The normalized spacial score (nSPS) is 11.1. The summed E-state index contributed by atoms with van der Waals surface area (Å²) in [7, 11) is -3.09. The zero-order valence-corrected chi connectivity index (χ0v) is 13.0. The second-order valence-electron chi connectivity index (χ2n) is 4.03. The first-order valence-corrected chi connectivity index (χ1v) is 8.55. The van der Waals surface area contributed by atoms with E-state index < -0.39 is 9.84 Å². The molecule has 1 aromatic rings. The number of carbonyl (C=O) groups is 1. The topological polar surface area (TPSA) is 72.5 Å². The Balaban J connectivity index is 2.17. The van der Waals surface area contributed by atoms with E-state index in [9.17, 15) is 13.2 Å². The maximum atomic E-state index is 11.3. The quantitative estimate of drug-likeness (QED) is 0.754. The van der Waals surface area contributed by atoms with Crippen molar-refractivity contribution in [2.75, 3.05) is 25.2 Å². The summed E-state index contributed by atoms with van der Waals surface area (Å²) < 4.78 is 28.1. The molecular formula is C12H16BrNO4S. The number of ether oxygens (including phenoxy) is 1. The van der Waals surface area contributed by atoms with E-state index in [1.165, 1.54) is 0 Å². The van der Waals surface area contributed by atoms with Gasteiger partial charge in [0.05, 0.1) is 12.3 Å². The van der Waals surface area contributed by atoms with Crippen LogP contribution in [0.4, 0.5) is 0 Å². The van der Waals surface area contributed by atoms with Crippen LogP contribution in [0.25, 0.3) is 0 Å². The van der Waals surface area contributed by atoms with E-state index in [4.69, 9.17) is 4.74 Å². The van der Waals surface area contributed by atoms with Crippen LogP contribution >= 0.6 is 15.9 Å². The Morgan fingerprint density at radius 1 is 1.32 bits per heavy atom. The Morgan fingerprint density at radius 3 is 2.53 bits per heavy atom. The van der Waals surface area contributed by atoms with Gasteiger partial charge in [0.2, 0.25) is 5.91 Å². The summed E-state index contributed by atoms with van der Waals surface area (Å²) in [5, 5.41) is 2.60. The third kappa shape index (κ3) is 7.84. The van der Waals surface area contributed by atoms with Crippen molar-refractivity contribution in [1.29, 1.82) is 0 Å². The highest BCUT2D eigenvalue weighted by atomic mass is 79.9. The highest BCUT2D eigenvalue weighted by Crippen LogP contribution is 2.15. The van der Waals surface area contributed by atoms with Crippen LogP contribution in [-0.2, 0) is 14.6 Å². The van der Waals surface area contributed by atoms with Gasteiger partial charge in [-0.1, -0.05) is 15.9 Å². The number of hydrogen-bond donors (Lipinski definition) is 1. The predicted octanol–water partition coefficient (Wildman–Crippen LogP) is 1.38. The molecule has 5 nitrogen and oxygen atoms in total. The first kappa shape index (κ1) is 16.0. The Morgan fingerprint density at radius 2 is 1.95 bits per heavy atom. The van der Waals surface area contributed by atoms with E-state index in [2.05, 4.69) is 21.2 Å². The van der Waals surface area contributed by atoms with Gasteiger partial charge in [0.25, 0.3) is 0 Å². The van der Waals surface area contributed by atoms with E-state index in [1.54, 1.807) is 0 Å². The molecule has 0 radical (unpaired) electrons. The fraction of sp³-hybridized carbons (Fsp3) is 0.417. The number of carbonyl (C=O) groups excluding carboxylic acids is 1. The maximum Gasteiger partial charge on any atom is 0.221 e. The zero-order chi connectivity index (χ0) is 14.3. The molecule has 0 fully saturated rings. The van der Waals surface area contributed by atoms with Gasteiger partial charge < -0.3 is 10.1 Å². The molecule has 19 heavy (non-hydrogen) atoms. The fourth-order valence-electron chi connectivity index (χ4n) is 1.26. The zero-order valence-electron chi connectivity index (χ0n) is 10.6. The second-order valence-corrected chi connectivity index (χ2v) is 7.21. The number of sulfone groups is 1. The van der Waals surface area contributed by atoms with Crippen LogP contribution in [-0.4, -0.2) is 39.5 Å². The van der Waals surface area contributed by atoms with Crippen LogP contribution in [0.1, 0.15) is 6.42 Å². The number of rotatable bonds is 7. The van der Waals surface area contributed by atoms with Crippen molar-refractivity contribution in [2.24, 2.45) is 0 Å². The van der Waals surface area contributed by atoms with Crippen LogP contribution in [0.2, 0.25) is 0 Å². The average molecular weight is 350 g/mol. The summed E-state index contributed by atoms with van der Waals surface area (Å²) in [6.45, 7) is 0.685. The molecule has 1 amide bonds. The van der Waals surface area contributed by atoms with Crippen molar-refractivity contribution < 1.29 is 17.9 Å². The van der Waals surface area contributed by atoms with Crippen LogP contribution in [0.3, 0.4) is 0 Å². The van der Waals surface area contributed by atoms with E-state index >= 15 is 0 Å². The molecule has 0 spiro atoms. The van der Waals surface area contributed by atoms with Crippen LogP contribution < -0.4 is 10.1 Å². The van der Waals surface area contributed by atoms with Gasteiger partial charge in [-0.2, -0.15) is 0 Å². The van der Waals surface area contributed by atoms with Crippen molar-refractivity contribution >= 4 is 31.7 Å².